The molecule has 2 heterocycles. The van der Waals surface area contributed by atoms with E-state index in [4.69, 9.17) is 4.52 Å². The summed E-state index contributed by atoms with van der Waals surface area (Å²) in [7, 11) is 0. The van der Waals surface area contributed by atoms with E-state index >= 15 is 0 Å². The zero-order chi connectivity index (χ0) is 16.1. The summed E-state index contributed by atoms with van der Waals surface area (Å²) in [6.07, 6.45) is 1.18. The van der Waals surface area contributed by atoms with E-state index in [2.05, 4.69) is 22.4 Å². The molecule has 1 amide bonds. The van der Waals surface area contributed by atoms with Crippen LogP contribution in [0.25, 0.3) is 11.3 Å². The predicted molar refractivity (Wildman–Crippen MR) is 89.0 cm³/mol. The number of amides is 1. The SMILES string of the molecule is CCc1nc(CC(=O)NCc2cc(-c3ccccc3)no2)cs1. The van der Waals surface area contributed by atoms with Crippen LogP contribution in [-0.4, -0.2) is 16.0 Å². The smallest absolute Gasteiger partial charge is 0.226 e. The van der Waals surface area contributed by atoms with E-state index in [9.17, 15) is 4.79 Å². The van der Waals surface area contributed by atoms with Crippen LogP contribution in [-0.2, 0) is 24.2 Å². The van der Waals surface area contributed by atoms with Crippen molar-refractivity contribution in [1.82, 2.24) is 15.5 Å². The van der Waals surface area contributed by atoms with Gasteiger partial charge in [0.2, 0.25) is 5.91 Å². The van der Waals surface area contributed by atoms with Crippen molar-refractivity contribution in [2.24, 2.45) is 0 Å². The molecule has 3 aromatic rings. The Balaban J connectivity index is 1.54. The van der Waals surface area contributed by atoms with Gasteiger partial charge in [-0.15, -0.1) is 11.3 Å². The molecule has 0 saturated carbocycles. The maximum Gasteiger partial charge on any atom is 0.226 e. The minimum Gasteiger partial charge on any atom is -0.359 e. The Kier molecular flexibility index (Phi) is 4.83. The molecule has 2 aromatic heterocycles. The second-order valence-electron chi connectivity index (χ2n) is 5.08. The highest BCUT2D eigenvalue weighted by Crippen LogP contribution is 2.18. The van der Waals surface area contributed by atoms with E-state index in [1.807, 2.05) is 41.8 Å². The molecule has 23 heavy (non-hydrogen) atoms. The number of nitrogens with zero attached hydrogens (tertiary/aromatic N) is 2. The van der Waals surface area contributed by atoms with Crippen LogP contribution >= 0.6 is 11.3 Å². The summed E-state index contributed by atoms with van der Waals surface area (Å²) in [4.78, 5) is 16.3. The molecule has 6 heteroatoms. The van der Waals surface area contributed by atoms with Gasteiger partial charge in [0.1, 0.15) is 5.69 Å². The molecule has 0 atom stereocenters. The monoisotopic (exact) mass is 327 g/mol. The lowest BCUT2D eigenvalue weighted by molar-refractivity contribution is -0.120. The normalized spacial score (nSPS) is 10.7. The Bertz CT molecular complexity index is 780. The van der Waals surface area contributed by atoms with E-state index in [1.165, 1.54) is 0 Å². The first-order chi connectivity index (χ1) is 11.2. The van der Waals surface area contributed by atoms with Crippen molar-refractivity contribution in [2.45, 2.75) is 26.3 Å². The Hall–Kier alpha value is -2.47. The fourth-order valence-electron chi connectivity index (χ4n) is 2.15. The number of hydrogen-bond donors (Lipinski definition) is 1. The first-order valence-corrected chi connectivity index (χ1v) is 8.33. The molecule has 118 valence electrons. The first kappa shape index (κ1) is 15.4. The van der Waals surface area contributed by atoms with Crippen molar-refractivity contribution in [3.8, 4) is 11.3 Å². The zero-order valence-corrected chi connectivity index (χ0v) is 13.6. The summed E-state index contributed by atoms with van der Waals surface area (Å²) in [6, 6.07) is 11.6. The summed E-state index contributed by atoms with van der Waals surface area (Å²) in [5, 5.41) is 9.84. The van der Waals surface area contributed by atoms with Gasteiger partial charge in [-0.05, 0) is 6.42 Å². The number of nitrogens with one attached hydrogen (secondary N) is 1. The molecular weight excluding hydrogens is 310 g/mol. The molecule has 0 fully saturated rings. The Morgan fingerprint density at radius 1 is 1.30 bits per heavy atom. The van der Waals surface area contributed by atoms with E-state index in [-0.39, 0.29) is 12.3 Å². The van der Waals surface area contributed by atoms with Crippen molar-refractivity contribution in [2.75, 3.05) is 0 Å². The van der Waals surface area contributed by atoms with Crippen LogP contribution < -0.4 is 5.32 Å². The van der Waals surface area contributed by atoms with Crippen LogP contribution in [0.5, 0.6) is 0 Å². The van der Waals surface area contributed by atoms with Crippen LogP contribution in [0, 0.1) is 0 Å². The van der Waals surface area contributed by atoms with Crippen molar-refractivity contribution in [1.29, 1.82) is 0 Å². The van der Waals surface area contributed by atoms with Gasteiger partial charge in [0, 0.05) is 17.0 Å². The van der Waals surface area contributed by atoms with Crippen molar-refractivity contribution < 1.29 is 9.32 Å². The van der Waals surface area contributed by atoms with E-state index < -0.39 is 0 Å². The summed E-state index contributed by atoms with van der Waals surface area (Å²) in [5.74, 6) is 0.556. The quantitative estimate of drug-likeness (QED) is 0.755. The van der Waals surface area contributed by atoms with Gasteiger partial charge in [-0.2, -0.15) is 0 Å². The zero-order valence-electron chi connectivity index (χ0n) is 12.8. The van der Waals surface area contributed by atoms with Gasteiger partial charge < -0.3 is 9.84 Å². The second kappa shape index (κ2) is 7.19. The van der Waals surface area contributed by atoms with E-state index in [0.717, 1.165) is 28.4 Å². The maximum absolute atomic E-state index is 12.0. The molecule has 0 unspecified atom stereocenters. The number of rotatable bonds is 6. The number of carbonyl (C=O) groups excluding carboxylic acids is 1. The Morgan fingerprint density at radius 2 is 2.13 bits per heavy atom. The third-order valence-electron chi connectivity index (χ3n) is 3.33. The topological polar surface area (TPSA) is 68.0 Å². The lowest BCUT2D eigenvalue weighted by atomic mass is 10.1. The van der Waals surface area contributed by atoms with Gasteiger partial charge in [-0.1, -0.05) is 42.4 Å². The van der Waals surface area contributed by atoms with Gasteiger partial charge >= 0.3 is 0 Å². The molecule has 0 saturated heterocycles. The summed E-state index contributed by atoms with van der Waals surface area (Å²) < 4.78 is 5.26. The summed E-state index contributed by atoms with van der Waals surface area (Å²) in [5.41, 5.74) is 2.57. The highest BCUT2D eigenvalue weighted by molar-refractivity contribution is 7.09. The molecule has 0 bridgehead atoms. The third kappa shape index (κ3) is 4.04. The Labute approximate surface area is 138 Å². The molecule has 3 rings (SSSR count). The second-order valence-corrected chi connectivity index (χ2v) is 6.03. The van der Waals surface area contributed by atoms with Crippen LogP contribution in [0.2, 0.25) is 0 Å². The van der Waals surface area contributed by atoms with Crippen LogP contribution in [0.15, 0.2) is 46.3 Å². The minimum absolute atomic E-state index is 0.0735. The van der Waals surface area contributed by atoms with Crippen molar-refractivity contribution >= 4 is 17.2 Å². The van der Waals surface area contributed by atoms with Gasteiger partial charge in [0.05, 0.1) is 23.7 Å². The highest BCUT2D eigenvalue weighted by atomic mass is 32.1. The number of carbonyl (C=O) groups is 1. The fraction of sp³-hybridized carbons (Fsp3) is 0.235. The Morgan fingerprint density at radius 3 is 2.87 bits per heavy atom. The lowest BCUT2D eigenvalue weighted by Gasteiger charge is -2.00. The largest absolute Gasteiger partial charge is 0.359 e. The standard InChI is InChI=1S/C17H17N3O2S/c1-2-17-19-13(11-23-17)8-16(21)18-10-14-9-15(20-22-14)12-6-4-3-5-7-12/h3-7,9,11H,2,8,10H2,1H3,(H,18,21). The number of benzene rings is 1. The average molecular weight is 327 g/mol. The molecule has 1 N–H and O–H groups in total. The van der Waals surface area contributed by atoms with Gasteiger partial charge in [-0.25, -0.2) is 4.98 Å². The molecule has 0 aliphatic heterocycles. The molecular formula is C17H17N3O2S. The van der Waals surface area contributed by atoms with Gasteiger partial charge in [0.25, 0.3) is 0 Å². The van der Waals surface area contributed by atoms with Crippen molar-refractivity contribution in [3.05, 3.63) is 58.2 Å². The van der Waals surface area contributed by atoms with E-state index in [1.54, 1.807) is 11.3 Å². The summed E-state index contributed by atoms with van der Waals surface area (Å²) in [6.45, 7) is 2.38. The van der Waals surface area contributed by atoms with Gasteiger partial charge in [-0.3, -0.25) is 4.79 Å². The van der Waals surface area contributed by atoms with Crippen molar-refractivity contribution in [3.63, 3.8) is 0 Å². The van der Waals surface area contributed by atoms with Crippen LogP contribution in [0.3, 0.4) is 0 Å². The van der Waals surface area contributed by atoms with Gasteiger partial charge in [0.15, 0.2) is 5.76 Å². The average Bonchev–Trinajstić information content (AvgIpc) is 3.23. The molecule has 0 aliphatic carbocycles. The molecule has 5 nitrogen and oxygen atoms in total. The minimum atomic E-state index is -0.0735. The molecule has 0 spiro atoms. The third-order valence-corrected chi connectivity index (χ3v) is 4.37. The van der Waals surface area contributed by atoms with Crippen LogP contribution in [0.4, 0.5) is 0 Å². The predicted octanol–water partition coefficient (Wildman–Crippen LogP) is 3.22. The van der Waals surface area contributed by atoms with E-state index in [0.29, 0.717) is 12.3 Å². The first-order valence-electron chi connectivity index (χ1n) is 7.45. The number of hydrogen-bond acceptors (Lipinski definition) is 5. The lowest BCUT2D eigenvalue weighted by Crippen LogP contribution is -2.24. The maximum atomic E-state index is 12.0. The fourth-order valence-corrected chi connectivity index (χ4v) is 2.89. The molecule has 0 aliphatic rings. The summed E-state index contributed by atoms with van der Waals surface area (Å²) >= 11 is 1.59. The molecule has 1 aromatic carbocycles. The number of aryl methyl sites for hydroxylation is 1. The number of thiazole rings is 1. The highest BCUT2D eigenvalue weighted by Gasteiger charge is 2.10. The van der Waals surface area contributed by atoms with Crippen LogP contribution in [0.1, 0.15) is 23.4 Å². The number of aromatic nitrogens is 2. The molecule has 0 radical (unpaired) electrons.